The smallest absolute Gasteiger partial charge is 0.261 e. The van der Waals surface area contributed by atoms with Crippen LogP contribution in [0.1, 0.15) is 32.6 Å². The molecule has 0 fully saturated rings. The van der Waals surface area contributed by atoms with Crippen LogP contribution in [0.4, 0.5) is 0 Å². The predicted molar refractivity (Wildman–Crippen MR) is 93.7 cm³/mol. The van der Waals surface area contributed by atoms with Gasteiger partial charge < -0.3 is 10.2 Å². The predicted octanol–water partition coefficient (Wildman–Crippen LogP) is 3.14. The Hall–Kier alpha value is -2.14. The van der Waals surface area contributed by atoms with E-state index in [1.807, 2.05) is 57.2 Å². The highest BCUT2D eigenvalue weighted by Crippen LogP contribution is 2.20. The molecule has 0 aliphatic rings. The number of carbonyl (C=O) groups is 2. The van der Waals surface area contributed by atoms with Crippen LogP contribution in [0.3, 0.4) is 0 Å². The highest BCUT2D eigenvalue weighted by molar-refractivity contribution is 7.14. The van der Waals surface area contributed by atoms with E-state index in [-0.39, 0.29) is 18.4 Å². The first kappa shape index (κ1) is 17.2. The van der Waals surface area contributed by atoms with Crippen molar-refractivity contribution in [3.63, 3.8) is 0 Å². The summed E-state index contributed by atoms with van der Waals surface area (Å²) in [4.78, 5) is 27.9. The van der Waals surface area contributed by atoms with Crippen molar-refractivity contribution in [2.75, 3.05) is 13.1 Å². The summed E-state index contributed by atoms with van der Waals surface area (Å²) >= 11 is 1.45. The fraction of sp³-hybridized carbons (Fsp3) is 0.333. The second-order valence-electron chi connectivity index (χ2n) is 5.43. The Morgan fingerprint density at radius 3 is 2.43 bits per heavy atom. The number of hydrogen-bond donors (Lipinski definition) is 1. The average Bonchev–Trinajstić information content (AvgIpc) is 2.90. The monoisotopic (exact) mass is 330 g/mol. The topological polar surface area (TPSA) is 49.4 Å². The zero-order valence-corrected chi connectivity index (χ0v) is 14.6. The van der Waals surface area contributed by atoms with Crippen molar-refractivity contribution in [2.24, 2.45) is 0 Å². The second-order valence-corrected chi connectivity index (χ2v) is 6.68. The normalized spacial score (nSPS) is 10.4. The largest absolute Gasteiger partial charge is 0.342 e. The number of carbonyl (C=O) groups excluding carboxylic acids is 2. The van der Waals surface area contributed by atoms with Gasteiger partial charge in [-0.1, -0.05) is 30.3 Å². The number of likely N-dealkylation sites (N-methyl/N-ethyl adjacent to an activating group) is 1. The van der Waals surface area contributed by atoms with Crippen LogP contribution < -0.4 is 5.32 Å². The average molecular weight is 330 g/mol. The molecule has 5 heteroatoms. The summed E-state index contributed by atoms with van der Waals surface area (Å²) in [6.07, 6.45) is 0. The van der Waals surface area contributed by atoms with Crippen LogP contribution in [0.5, 0.6) is 0 Å². The molecule has 122 valence electrons. The molecule has 0 aliphatic heterocycles. The molecule has 2 rings (SSSR count). The van der Waals surface area contributed by atoms with E-state index in [9.17, 15) is 9.59 Å². The molecule has 0 bridgehead atoms. The number of nitrogens with zero attached hydrogens (tertiary/aromatic N) is 1. The van der Waals surface area contributed by atoms with Crippen LogP contribution in [-0.2, 0) is 11.3 Å². The summed E-state index contributed by atoms with van der Waals surface area (Å²) in [5, 5.41) is 2.72. The molecule has 2 amide bonds. The fourth-order valence-electron chi connectivity index (χ4n) is 2.22. The van der Waals surface area contributed by atoms with Crippen LogP contribution in [-0.4, -0.2) is 29.8 Å². The minimum atomic E-state index is -0.185. The first-order valence-electron chi connectivity index (χ1n) is 7.68. The second kappa shape index (κ2) is 7.92. The molecule has 1 heterocycles. The Kier molecular flexibility index (Phi) is 5.93. The first-order valence-corrected chi connectivity index (χ1v) is 8.49. The third-order valence-electron chi connectivity index (χ3n) is 3.74. The van der Waals surface area contributed by atoms with Crippen LogP contribution in [0.25, 0.3) is 0 Å². The van der Waals surface area contributed by atoms with Gasteiger partial charge in [-0.25, -0.2) is 0 Å². The van der Waals surface area contributed by atoms with Gasteiger partial charge in [-0.05, 0) is 38.0 Å². The Bertz CT molecular complexity index is 660. The lowest BCUT2D eigenvalue weighted by molar-refractivity contribution is -0.130. The molecular formula is C18H22N2O2S. The molecule has 4 nitrogen and oxygen atoms in total. The van der Waals surface area contributed by atoms with Gasteiger partial charge in [-0.2, -0.15) is 0 Å². The van der Waals surface area contributed by atoms with Crippen molar-refractivity contribution in [1.82, 2.24) is 10.2 Å². The number of rotatable bonds is 6. The van der Waals surface area contributed by atoms with E-state index in [2.05, 4.69) is 5.32 Å². The van der Waals surface area contributed by atoms with Gasteiger partial charge in [0.05, 0.1) is 11.4 Å². The molecule has 2 aromatic rings. The van der Waals surface area contributed by atoms with Gasteiger partial charge in [-0.3, -0.25) is 9.59 Å². The van der Waals surface area contributed by atoms with Gasteiger partial charge in [0.2, 0.25) is 5.91 Å². The Morgan fingerprint density at radius 2 is 1.87 bits per heavy atom. The Balaban J connectivity index is 1.90. The van der Waals surface area contributed by atoms with Gasteiger partial charge in [0.15, 0.2) is 0 Å². The van der Waals surface area contributed by atoms with Crippen molar-refractivity contribution in [3.8, 4) is 0 Å². The summed E-state index contributed by atoms with van der Waals surface area (Å²) in [6.45, 7) is 7.10. The Labute approximate surface area is 141 Å². The van der Waals surface area contributed by atoms with Crippen molar-refractivity contribution >= 4 is 23.2 Å². The van der Waals surface area contributed by atoms with Crippen molar-refractivity contribution in [1.29, 1.82) is 0 Å². The molecule has 1 aromatic carbocycles. The van der Waals surface area contributed by atoms with Crippen molar-refractivity contribution in [2.45, 2.75) is 27.3 Å². The number of benzene rings is 1. The zero-order valence-electron chi connectivity index (χ0n) is 13.8. The number of thiophene rings is 1. The Morgan fingerprint density at radius 1 is 1.17 bits per heavy atom. The van der Waals surface area contributed by atoms with E-state index in [1.165, 1.54) is 11.3 Å². The number of nitrogens with one attached hydrogen (secondary N) is 1. The lowest BCUT2D eigenvalue weighted by atomic mass is 10.2. The summed E-state index contributed by atoms with van der Waals surface area (Å²) in [7, 11) is 0. The number of amides is 2. The van der Waals surface area contributed by atoms with Crippen molar-refractivity contribution < 1.29 is 9.59 Å². The van der Waals surface area contributed by atoms with E-state index >= 15 is 0 Å². The van der Waals surface area contributed by atoms with Crippen LogP contribution in [0, 0.1) is 13.8 Å². The van der Waals surface area contributed by atoms with Gasteiger partial charge >= 0.3 is 0 Å². The van der Waals surface area contributed by atoms with E-state index in [1.54, 1.807) is 4.90 Å². The summed E-state index contributed by atoms with van der Waals surface area (Å²) in [5.41, 5.74) is 2.18. The summed E-state index contributed by atoms with van der Waals surface area (Å²) < 4.78 is 0. The minimum Gasteiger partial charge on any atom is -0.342 e. The first-order chi connectivity index (χ1) is 11.0. The highest BCUT2D eigenvalue weighted by Gasteiger charge is 2.15. The molecule has 0 radical (unpaired) electrons. The molecule has 0 saturated carbocycles. The lowest BCUT2D eigenvalue weighted by Crippen LogP contribution is -2.39. The quantitative estimate of drug-likeness (QED) is 0.884. The van der Waals surface area contributed by atoms with Crippen LogP contribution in [0.15, 0.2) is 36.4 Å². The summed E-state index contributed by atoms with van der Waals surface area (Å²) in [5.74, 6) is -0.259. The fourth-order valence-corrected chi connectivity index (χ4v) is 3.17. The van der Waals surface area contributed by atoms with E-state index in [0.29, 0.717) is 18.0 Å². The van der Waals surface area contributed by atoms with Gasteiger partial charge in [0.25, 0.3) is 5.91 Å². The van der Waals surface area contributed by atoms with E-state index in [0.717, 1.165) is 16.0 Å². The molecule has 23 heavy (non-hydrogen) atoms. The standard InChI is InChI=1S/C18H22N2O2S/c1-4-20(12-15-8-6-5-7-9-15)17(21)11-19-18(22)16-10-13(2)14(3)23-16/h5-10H,4,11-12H2,1-3H3,(H,19,22). The minimum absolute atomic E-state index is 0.0233. The van der Waals surface area contributed by atoms with Gasteiger partial charge in [0.1, 0.15) is 0 Å². The third kappa shape index (κ3) is 4.66. The molecule has 0 atom stereocenters. The van der Waals surface area contributed by atoms with E-state index in [4.69, 9.17) is 0 Å². The highest BCUT2D eigenvalue weighted by atomic mass is 32.1. The lowest BCUT2D eigenvalue weighted by Gasteiger charge is -2.21. The maximum absolute atomic E-state index is 12.3. The molecular weight excluding hydrogens is 308 g/mol. The zero-order chi connectivity index (χ0) is 16.8. The molecule has 1 N–H and O–H groups in total. The van der Waals surface area contributed by atoms with Gasteiger partial charge in [-0.15, -0.1) is 11.3 Å². The van der Waals surface area contributed by atoms with Crippen molar-refractivity contribution in [3.05, 3.63) is 57.3 Å². The molecule has 1 aromatic heterocycles. The number of aryl methyl sites for hydroxylation is 2. The third-order valence-corrected chi connectivity index (χ3v) is 4.89. The van der Waals surface area contributed by atoms with E-state index < -0.39 is 0 Å². The molecule has 0 spiro atoms. The van der Waals surface area contributed by atoms with Gasteiger partial charge in [0, 0.05) is 18.0 Å². The molecule has 0 aliphatic carbocycles. The molecule has 0 unspecified atom stereocenters. The molecule has 0 saturated heterocycles. The SMILES string of the molecule is CCN(Cc1ccccc1)C(=O)CNC(=O)c1cc(C)c(C)s1. The van der Waals surface area contributed by atoms with Crippen LogP contribution >= 0.6 is 11.3 Å². The summed E-state index contributed by atoms with van der Waals surface area (Å²) in [6, 6.07) is 11.7. The number of hydrogen-bond acceptors (Lipinski definition) is 3. The maximum atomic E-state index is 12.3. The van der Waals surface area contributed by atoms with Crippen LogP contribution in [0.2, 0.25) is 0 Å². The maximum Gasteiger partial charge on any atom is 0.261 e.